The molecular weight excluding hydrogens is 459 g/mol. The van der Waals surface area contributed by atoms with Gasteiger partial charge in [-0.15, -0.1) is 3.89 Å². The fourth-order valence-corrected chi connectivity index (χ4v) is 5.32. The van der Waals surface area contributed by atoms with Crippen molar-refractivity contribution in [2.45, 2.75) is 39.2 Å². The second kappa shape index (κ2) is 9.20. The number of nitrogens with one attached hydrogen (secondary N) is 1. The molecular formula is C23H29FN6O3S. The first kappa shape index (κ1) is 23.1. The third kappa shape index (κ3) is 4.05. The van der Waals surface area contributed by atoms with E-state index in [0.29, 0.717) is 60.5 Å². The summed E-state index contributed by atoms with van der Waals surface area (Å²) in [5.74, 6) is 0.861. The van der Waals surface area contributed by atoms with Gasteiger partial charge in [-0.05, 0) is 38.2 Å². The Morgan fingerprint density at radius 1 is 1.38 bits per heavy atom. The number of phenols is 1. The van der Waals surface area contributed by atoms with Gasteiger partial charge in [0.1, 0.15) is 17.0 Å². The van der Waals surface area contributed by atoms with E-state index < -0.39 is 0 Å². The lowest BCUT2D eigenvalue weighted by atomic mass is 9.88. The summed E-state index contributed by atoms with van der Waals surface area (Å²) >= 11 is 0.0926. The molecule has 2 aromatic heterocycles. The third-order valence-electron chi connectivity index (χ3n) is 6.99. The van der Waals surface area contributed by atoms with Crippen molar-refractivity contribution in [1.29, 1.82) is 0 Å². The van der Waals surface area contributed by atoms with Crippen molar-refractivity contribution in [2.24, 2.45) is 5.92 Å². The molecule has 3 aromatic rings. The first-order chi connectivity index (χ1) is 16.4. The largest absolute Gasteiger partial charge is 0.506 e. The normalized spacial score (nSPS) is 19.8. The minimum Gasteiger partial charge on any atom is -0.506 e. The quantitative estimate of drug-likeness (QED) is 0.568. The second-order valence-electron chi connectivity index (χ2n) is 9.23. The van der Waals surface area contributed by atoms with Crippen LogP contribution in [0.5, 0.6) is 5.75 Å². The maximum Gasteiger partial charge on any atom is 0.243 e. The van der Waals surface area contributed by atoms with Crippen molar-refractivity contribution in [3.63, 3.8) is 0 Å². The number of carbonyl (C=O) groups excluding carboxylic acids is 1. The zero-order valence-corrected chi connectivity index (χ0v) is 20.4. The average molecular weight is 489 g/mol. The van der Waals surface area contributed by atoms with E-state index in [4.69, 9.17) is 4.74 Å². The molecule has 2 unspecified atom stereocenters. The van der Waals surface area contributed by atoms with Gasteiger partial charge in [0.05, 0.1) is 30.5 Å². The summed E-state index contributed by atoms with van der Waals surface area (Å²) in [6.07, 6.45) is 2.56. The Hall–Kier alpha value is -2.63. The van der Waals surface area contributed by atoms with E-state index in [1.165, 1.54) is 4.09 Å². The molecule has 2 aliphatic rings. The molecule has 2 N–H and O–H groups in total. The van der Waals surface area contributed by atoms with Crippen LogP contribution in [0.15, 0.2) is 12.1 Å². The number of halogens is 1. The summed E-state index contributed by atoms with van der Waals surface area (Å²) in [4.78, 5) is 24.6. The molecule has 1 saturated heterocycles. The Labute approximate surface area is 201 Å². The van der Waals surface area contributed by atoms with Gasteiger partial charge in [-0.2, -0.15) is 9.19 Å². The van der Waals surface area contributed by atoms with Crippen LogP contribution in [0, 0.1) is 5.92 Å². The number of aromatic nitrogens is 4. The second-order valence-corrected chi connectivity index (χ2v) is 9.72. The molecule has 2 atom stereocenters. The number of amides is 1. The summed E-state index contributed by atoms with van der Waals surface area (Å²) in [5.41, 5.74) is 4.02. The summed E-state index contributed by atoms with van der Waals surface area (Å²) in [7, 11) is 1.70. The number of ether oxygens (including phenoxy) is 1. The fraction of sp³-hybridized carbons (Fsp3) is 0.522. The minimum atomic E-state index is -0.306. The molecule has 0 bridgehead atoms. The van der Waals surface area contributed by atoms with Crippen molar-refractivity contribution in [2.75, 3.05) is 38.3 Å². The SMILES string of the molecule is CC1CCc2c(c(-c3nc4c(O)cc(N(C)C(=O)C(C)N5CCOCC5)cc4[nH]3)nn2SF)C1. The van der Waals surface area contributed by atoms with Gasteiger partial charge in [-0.1, -0.05) is 6.92 Å². The van der Waals surface area contributed by atoms with Crippen LogP contribution in [0.2, 0.25) is 0 Å². The summed E-state index contributed by atoms with van der Waals surface area (Å²) in [6.45, 7) is 6.71. The molecule has 0 saturated carbocycles. The first-order valence-electron chi connectivity index (χ1n) is 11.6. The monoisotopic (exact) mass is 488 g/mol. The van der Waals surface area contributed by atoms with Crippen LogP contribution in [0.3, 0.4) is 0 Å². The molecule has 1 aliphatic carbocycles. The highest BCUT2D eigenvalue weighted by Crippen LogP contribution is 2.37. The van der Waals surface area contributed by atoms with Gasteiger partial charge < -0.3 is 19.7 Å². The first-order valence-corrected chi connectivity index (χ1v) is 12.3. The topological polar surface area (TPSA) is 99.5 Å². The highest BCUT2D eigenvalue weighted by Gasteiger charge is 2.29. The van der Waals surface area contributed by atoms with Crippen molar-refractivity contribution in [3.05, 3.63) is 23.4 Å². The number of benzene rings is 1. The van der Waals surface area contributed by atoms with Crippen LogP contribution in [-0.2, 0) is 22.4 Å². The zero-order valence-electron chi connectivity index (χ0n) is 19.5. The molecule has 1 amide bonds. The summed E-state index contributed by atoms with van der Waals surface area (Å²) in [5, 5.41) is 15.2. The van der Waals surface area contributed by atoms with Gasteiger partial charge in [0.15, 0.2) is 18.2 Å². The Kier molecular flexibility index (Phi) is 6.26. The van der Waals surface area contributed by atoms with Gasteiger partial charge in [-0.25, -0.2) is 4.98 Å². The Balaban J connectivity index is 1.47. The van der Waals surface area contributed by atoms with Crippen molar-refractivity contribution in [1.82, 2.24) is 24.1 Å². The van der Waals surface area contributed by atoms with Crippen LogP contribution in [-0.4, -0.2) is 74.5 Å². The molecule has 0 radical (unpaired) electrons. The van der Waals surface area contributed by atoms with Gasteiger partial charge in [0.25, 0.3) is 0 Å². The molecule has 1 aromatic carbocycles. The standard InChI is InChI=1S/C23H29FN6O3S/c1-13-4-5-18-16(10-13)20(27-30(18)34-24)22-25-17-11-15(12-19(31)21(17)26-22)28(3)23(32)14(2)29-6-8-33-9-7-29/h11-14,31H,4-10H2,1-3H3,(H,25,26). The van der Waals surface area contributed by atoms with E-state index in [9.17, 15) is 13.8 Å². The van der Waals surface area contributed by atoms with Gasteiger partial charge in [0, 0.05) is 37.5 Å². The van der Waals surface area contributed by atoms with Crippen LogP contribution in [0.1, 0.15) is 31.5 Å². The van der Waals surface area contributed by atoms with E-state index in [1.807, 2.05) is 6.92 Å². The smallest absolute Gasteiger partial charge is 0.243 e. The molecule has 1 aliphatic heterocycles. The van der Waals surface area contributed by atoms with Crippen LogP contribution in [0.4, 0.5) is 9.57 Å². The lowest BCUT2D eigenvalue weighted by molar-refractivity contribution is -0.124. The molecule has 9 nitrogen and oxygen atoms in total. The number of carbonyl (C=O) groups is 1. The molecule has 0 spiro atoms. The number of rotatable bonds is 5. The molecule has 11 heteroatoms. The van der Waals surface area contributed by atoms with Crippen molar-refractivity contribution < 1.29 is 18.5 Å². The lowest BCUT2D eigenvalue weighted by Crippen LogP contribution is -2.50. The van der Waals surface area contributed by atoms with E-state index in [-0.39, 0.29) is 30.0 Å². The number of fused-ring (bicyclic) bond motifs is 2. The number of aromatic hydroxyl groups is 1. The number of anilines is 1. The van der Waals surface area contributed by atoms with Crippen LogP contribution < -0.4 is 4.90 Å². The number of H-pyrrole nitrogens is 1. The highest BCUT2D eigenvalue weighted by molar-refractivity contribution is 7.92. The Bertz CT molecular complexity index is 1220. The average Bonchev–Trinajstić information content (AvgIpc) is 3.44. The van der Waals surface area contributed by atoms with Crippen molar-refractivity contribution in [3.8, 4) is 17.3 Å². The lowest BCUT2D eigenvalue weighted by Gasteiger charge is -2.33. The van der Waals surface area contributed by atoms with Gasteiger partial charge >= 0.3 is 0 Å². The number of hydrogen-bond donors (Lipinski definition) is 2. The Morgan fingerprint density at radius 3 is 2.88 bits per heavy atom. The fourth-order valence-electron chi connectivity index (χ4n) is 4.92. The van der Waals surface area contributed by atoms with Crippen LogP contribution >= 0.6 is 12.3 Å². The third-order valence-corrected chi connectivity index (χ3v) is 7.42. The predicted molar refractivity (Wildman–Crippen MR) is 130 cm³/mol. The van der Waals surface area contributed by atoms with E-state index in [2.05, 4.69) is 26.9 Å². The molecule has 34 heavy (non-hydrogen) atoms. The minimum absolute atomic E-state index is 0.0322. The molecule has 3 heterocycles. The maximum atomic E-state index is 13.5. The summed E-state index contributed by atoms with van der Waals surface area (Å²) in [6, 6.07) is 3.04. The Morgan fingerprint density at radius 2 is 2.15 bits per heavy atom. The van der Waals surface area contributed by atoms with Crippen LogP contribution in [0.25, 0.3) is 22.6 Å². The maximum absolute atomic E-state index is 13.5. The number of imidazole rings is 1. The number of hydrogen-bond acceptors (Lipinski definition) is 7. The van der Waals surface area contributed by atoms with Gasteiger partial charge in [-0.3, -0.25) is 9.69 Å². The van der Waals surface area contributed by atoms with E-state index >= 15 is 0 Å². The van der Waals surface area contributed by atoms with Gasteiger partial charge in [0.2, 0.25) is 5.91 Å². The molecule has 5 rings (SSSR count). The number of likely N-dealkylation sites (N-methyl/N-ethyl adjacent to an activating group) is 1. The van der Waals surface area contributed by atoms with Crippen molar-refractivity contribution >= 4 is 35.0 Å². The molecule has 182 valence electrons. The number of nitrogens with zero attached hydrogens (tertiary/aromatic N) is 5. The van der Waals surface area contributed by atoms with E-state index in [1.54, 1.807) is 24.1 Å². The number of phenolic OH excluding ortho intramolecular Hbond substituents is 1. The highest BCUT2D eigenvalue weighted by atomic mass is 32.2. The summed E-state index contributed by atoms with van der Waals surface area (Å²) < 4.78 is 20.2. The van der Waals surface area contributed by atoms with E-state index in [0.717, 1.165) is 30.5 Å². The predicted octanol–water partition coefficient (Wildman–Crippen LogP) is 3.32. The number of aromatic amines is 1. The molecule has 1 fully saturated rings. The number of morpholine rings is 1. The zero-order chi connectivity index (χ0) is 24.0.